The number of nitrogens with one attached hydrogen (secondary N) is 6. The topological polar surface area (TPSA) is 273 Å². The fraction of sp³-hybridized carbons (Fsp3) is 0.385. The molecule has 0 saturated heterocycles. The molecule has 0 radical (unpaired) electrons. The molecule has 0 aliphatic heterocycles. The fourth-order valence-electron chi connectivity index (χ4n) is 5.56. The highest BCUT2D eigenvalue weighted by molar-refractivity contribution is 5.68. The van der Waals surface area contributed by atoms with Crippen molar-refractivity contribution >= 4 is 47.4 Å². The van der Waals surface area contributed by atoms with Crippen LogP contribution in [0.2, 0.25) is 0 Å². The summed E-state index contributed by atoms with van der Waals surface area (Å²) in [6.45, 7) is 22.8. The summed E-state index contributed by atoms with van der Waals surface area (Å²) < 4.78 is 21.1. The quantitative estimate of drug-likeness (QED) is 0.0398. The average Bonchev–Trinajstić information content (AvgIpc) is 3.33. The number of nitrogens with zero attached hydrogens (tertiary/aromatic N) is 6. The molecule has 20 heteroatoms. The van der Waals surface area contributed by atoms with Crippen LogP contribution in [0.3, 0.4) is 0 Å². The van der Waals surface area contributed by atoms with Crippen LogP contribution in [-0.4, -0.2) is 79.6 Å². The number of hydrogen-bond donors (Lipinski definition) is 8. The minimum atomic E-state index is -0.530. The van der Waals surface area contributed by atoms with Crippen molar-refractivity contribution in [2.45, 2.75) is 107 Å². The zero-order valence-corrected chi connectivity index (χ0v) is 43.3. The SMILES string of the molecule is CCN.CCNC(=O)OC(C)(C)C.CCOc1nc(NCc2ccccc2)nc(Nc2ccc(CN)cc2)n1.CCOc1nc(NCc2ccccc2)nc(Nc2ccc(CNC(=O)OC(C)(C)C)cc2)n1. The van der Waals surface area contributed by atoms with Crippen LogP contribution >= 0.6 is 0 Å². The lowest BCUT2D eigenvalue weighted by molar-refractivity contribution is 0.0515. The zero-order valence-electron chi connectivity index (χ0n) is 43.3. The third-order valence-electron chi connectivity index (χ3n) is 8.58. The van der Waals surface area contributed by atoms with E-state index >= 15 is 0 Å². The highest BCUT2D eigenvalue weighted by Gasteiger charge is 2.17. The smallest absolute Gasteiger partial charge is 0.407 e. The molecule has 20 nitrogen and oxygen atoms in total. The Labute approximate surface area is 424 Å². The van der Waals surface area contributed by atoms with E-state index in [1.165, 1.54) is 0 Å². The van der Waals surface area contributed by atoms with Crippen molar-refractivity contribution in [2.75, 3.05) is 47.6 Å². The molecule has 0 saturated carbocycles. The number of ether oxygens (including phenoxy) is 4. The van der Waals surface area contributed by atoms with E-state index in [0.29, 0.717) is 69.7 Å². The second kappa shape index (κ2) is 31.4. The van der Waals surface area contributed by atoms with Gasteiger partial charge in [0.1, 0.15) is 11.2 Å². The molecule has 6 aromatic rings. The molecule has 2 aromatic heterocycles. The molecule has 0 spiro atoms. The van der Waals surface area contributed by atoms with Gasteiger partial charge in [0.05, 0.1) is 13.2 Å². The van der Waals surface area contributed by atoms with E-state index in [9.17, 15) is 9.59 Å². The Morgan fingerprint density at radius 2 is 0.833 bits per heavy atom. The van der Waals surface area contributed by atoms with Crippen LogP contribution in [0, 0.1) is 0 Å². The Bertz CT molecular complexity index is 2460. The molecule has 0 atom stereocenters. The second-order valence-electron chi connectivity index (χ2n) is 17.2. The van der Waals surface area contributed by atoms with E-state index in [1.807, 2.05) is 178 Å². The maximum atomic E-state index is 11.8. The largest absolute Gasteiger partial charge is 0.464 e. The summed E-state index contributed by atoms with van der Waals surface area (Å²) in [6.07, 6.45) is -0.802. The van der Waals surface area contributed by atoms with Gasteiger partial charge in [0.2, 0.25) is 23.8 Å². The van der Waals surface area contributed by atoms with Gasteiger partial charge in [-0.2, -0.15) is 29.9 Å². The highest BCUT2D eigenvalue weighted by Crippen LogP contribution is 2.20. The van der Waals surface area contributed by atoms with Crippen LogP contribution in [0.15, 0.2) is 109 Å². The fourth-order valence-corrected chi connectivity index (χ4v) is 5.56. The monoisotopic (exact) mass is 991 g/mol. The summed E-state index contributed by atoms with van der Waals surface area (Å²) in [5, 5.41) is 18.0. The first-order valence-electron chi connectivity index (χ1n) is 23.8. The Morgan fingerprint density at radius 1 is 0.472 bits per heavy atom. The number of hydrogen-bond acceptors (Lipinski definition) is 18. The number of carbonyl (C=O) groups excluding carboxylic acids is 2. The number of anilines is 6. The number of amides is 2. The standard InChI is InChI=1S/C24H30N6O3.C19H22N6O.C7H15NO2.C2H7N/c1-5-32-22-29-20(25-15-17-9-7-6-8-10-17)28-21(30-22)27-19-13-11-18(12-14-19)16-26-23(31)33-24(2,3)4;1-2-26-19-24-17(21-13-15-6-4-3-5-7-15)23-18(25-19)22-16-10-8-14(12-20)9-11-16;1-5-8-6(9)10-7(2,3)4;1-2-3/h6-14H,5,15-16H2,1-4H3,(H,26,31)(H2,25,27,28,29,30);3-11H,2,12-13,20H2,1H3,(H2,21,22,23,24,25);5H2,1-4H3,(H,8,9);2-3H2,1H3. The van der Waals surface area contributed by atoms with Gasteiger partial charge < -0.3 is 62.3 Å². The van der Waals surface area contributed by atoms with Gasteiger partial charge in [-0.3, -0.25) is 0 Å². The van der Waals surface area contributed by atoms with Crippen LogP contribution in [0.4, 0.5) is 44.8 Å². The van der Waals surface area contributed by atoms with Crippen LogP contribution < -0.4 is 52.8 Å². The number of benzene rings is 4. The molecule has 0 bridgehead atoms. The van der Waals surface area contributed by atoms with Gasteiger partial charge in [0.15, 0.2) is 0 Å². The van der Waals surface area contributed by atoms with Crippen molar-refractivity contribution in [1.29, 1.82) is 0 Å². The predicted octanol–water partition coefficient (Wildman–Crippen LogP) is 9.23. The maximum Gasteiger partial charge on any atom is 0.407 e. The third kappa shape index (κ3) is 25.1. The summed E-state index contributed by atoms with van der Waals surface area (Å²) in [4.78, 5) is 48.6. The van der Waals surface area contributed by atoms with E-state index in [-0.39, 0.29) is 23.7 Å². The van der Waals surface area contributed by atoms with E-state index in [0.717, 1.165) is 40.2 Å². The summed E-state index contributed by atoms with van der Waals surface area (Å²) in [5.41, 5.74) is 15.5. The molecule has 4 aromatic carbocycles. The van der Waals surface area contributed by atoms with Gasteiger partial charge in [-0.25, -0.2) is 9.59 Å². The van der Waals surface area contributed by atoms with Crippen LogP contribution in [0.25, 0.3) is 0 Å². The molecule has 0 fully saturated rings. The van der Waals surface area contributed by atoms with Crippen molar-refractivity contribution in [3.05, 3.63) is 131 Å². The van der Waals surface area contributed by atoms with E-state index < -0.39 is 11.7 Å². The minimum absolute atomic E-state index is 0.240. The highest BCUT2D eigenvalue weighted by atomic mass is 16.6. The van der Waals surface area contributed by atoms with Crippen molar-refractivity contribution < 1.29 is 28.5 Å². The van der Waals surface area contributed by atoms with Crippen molar-refractivity contribution in [1.82, 2.24) is 40.5 Å². The first-order valence-corrected chi connectivity index (χ1v) is 23.8. The van der Waals surface area contributed by atoms with Crippen molar-refractivity contribution in [3.8, 4) is 12.0 Å². The normalized spacial score (nSPS) is 10.5. The molecule has 0 aliphatic carbocycles. The van der Waals surface area contributed by atoms with E-state index in [4.69, 9.17) is 30.4 Å². The van der Waals surface area contributed by atoms with E-state index in [2.05, 4.69) is 61.8 Å². The van der Waals surface area contributed by atoms with Gasteiger partial charge in [-0.15, -0.1) is 0 Å². The number of aromatic nitrogens is 6. The molecule has 72 heavy (non-hydrogen) atoms. The van der Waals surface area contributed by atoms with Crippen molar-refractivity contribution in [2.24, 2.45) is 11.5 Å². The Hall–Kier alpha value is -7.84. The van der Waals surface area contributed by atoms with Gasteiger partial charge >= 0.3 is 24.2 Å². The van der Waals surface area contributed by atoms with Crippen molar-refractivity contribution in [3.63, 3.8) is 0 Å². The molecule has 6 rings (SSSR count). The van der Waals surface area contributed by atoms with Gasteiger partial charge in [0.25, 0.3) is 0 Å². The van der Waals surface area contributed by atoms with Gasteiger partial charge in [-0.05, 0) is 115 Å². The number of alkyl carbamates (subject to hydrolysis) is 2. The van der Waals surface area contributed by atoms with Crippen LogP contribution in [-0.2, 0) is 35.7 Å². The average molecular weight is 991 g/mol. The Balaban J connectivity index is 0.000000311. The lowest BCUT2D eigenvalue weighted by Crippen LogP contribution is -2.32. The first-order chi connectivity index (χ1) is 34.4. The molecule has 0 aliphatic rings. The number of carbonyl (C=O) groups is 2. The molecule has 10 N–H and O–H groups in total. The zero-order chi connectivity index (χ0) is 52.8. The van der Waals surface area contributed by atoms with Gasteiger partial charge in [0, 0.05) is 44.1 Å². The summed E-state index contributed by atoms with van der Waals surface area (Å²) in [5.74, 6) is 1.65. The summed E-state index contributed by atoms with van der Waals surface area (Å²) in [6, 6.07) is 35.9. The Morgan fingerprint density at radius 3 is 1.19 bits per heavy atom. The second-order valence-corrected chi connectivity index (χ2v) is 17.2. The van der Waals surface area contributed by atoms with E-state index in [1.54, 1.807) is 0 Å². The molecular formula is C52H74N14O6. The lowest BCUT2D eigenvalue weighted by Gasteiger charge is -2.19. The van der Waals surface area contributed by atoms with Gasteiger partial charge in [-0.1, -0.05) is 91.9 Å². The third-order valence-corrected chi connectivity index (χ3v) is 8.58. The first kappa shape index (κ1) is 58.5. The van der Waals surface area contributed by atoms with Crippen LogP contribution in [0.1, 0.15) is 91.5 Å². The number of rotatable bonds is 18. The Kier molecular flexibility index (Phi) is 25.5. The predicted molar refractivity (Wildman–Crippen MR) is 285 cm³/mol. The maximum absolute atomic E-state index is 11.8. The summed E-state index contributed by atoms with van der Waals surface area (Å²) >= 11 is 0. The molecule has 2 heterocycles. The lowest BCUT2D eigenvalue weighted by atomic mass is 10.2. The minimum Gasteiger partial charge on any atom is -0.464 e. The van der Waals surface area contributed by atoms with Crippen LogP contribution in [0.5, 0.6) is 12.0 Å². The number of nitrogens with two attached hydrogens (primary N) is 2. The molecule has 388 valence electrons. The molecular weight excluding hydrogens is 917 g/mol. The molecule has 0 unspecified atom stereocenters. The molecule has 2 amide bonds. The summed E-state index contributed by atoms with van der Waals surface area (Å²) in [7, 11) is 0.